The number of carbonyl (C=O) groups excluding carboxylic acids is 2. The number of ether oxygens (including phenoxy) is 2. The molecule has 146 valence electrons. The van der Waals surface area contributed by atoms with Crippen LogP contribution in [0.5, 0.6) is 5.75 Å². The maximum atomic E-state index is 12.8. The smallest absolute Gasteiger partial charge is 0.254 e. The minimum absolute atomic E-state index is 0.0370. The molecule has 1 spiro atoms. The number of rotatable bonds is 6. The topological polar surface area (TPSA) is 67.9 Å². The zero-order valence-electron chi connectivity index (χ0n) is 16.1. The van der Waals surface area contributed by atoms with E-state index in [4.69, 9.17) is 9.47 Å². The molecule has 6 nitrogen and oxygen atoms in total. The molecule has 2 heterocycles. The van der Waals surface area contributed by atoms with Crippen LogP contribution in [0.15, 0.2) is 18.2 Å². The van der Waals surface area contributed by atoms with Crippen LogP contribution < -0.4 is 10.1 Å². The summed E-state index contributed by atoms with van der Waals surface area (Å²) in [6.45, 7) is 4.57. The fourth-order valence-electron chi connectivity index (χ4n) is 4.17. The van der Waals surface area contributed by atoms with Gasteiger partial charge in [-0.15, -0.1) is 0 Å². The van der Waals surface area contributed by atoms with Crippen molar-refractivity contribution in [3.05, 3.63) is 29.3 Å². The van der Waals surface area contributed by atoms with E-state index in [0.717, 1.165) is 24.3 Å². The van der Waals surface area contributed by atoms with Gasteiger partial charge in [-0.05, 0) is 61.8 Å². The van der Waals surface area contributed by atoms with Crippen LogP contribution in [-0.4, -0.2) is 55.7 Å². The summed E-state index contributed by atoms with van der Waals surface area (Å²) in [5.74, 6) is 1.88. The monoisotopic (exact) mass is 372 g/mol. The van der Waals surface area contributed by atoms with Crippen molar-refractivity contribution in [3.63, 3.8) is 0 Å². The summed E-state index contributed by atoms with van der Waals surface area (Å²) in [5, 5.41) is 3.03. The number of methoxy groups -OCH3 is 1. The zero-order valence-corrected chi connectivity index (χ0v) is 16.1. The lowest BCUT2D eigenvalue weighted by Gasteiger charge is -2.47. The second kappa shape index (κ2) is 7.15. The fraction of sp³-hybridized carbons (Fsp3) is 0.619. The third kappa shape index (κ3) is 3.95. The molecule has 1 unspecified atom stereocenters. The van der Waals surface area contributed by atoms with Gasteiger partial charge in [-0.1, -0.05) is 0 Å². The van der Waals surface area contributed by atoms with E-state index in [0.29, 0.717) is 37.6 Å². The van der Waals surface area contributed by atoms with Gasteiger partial charge in [0.05, 0.1) is 26.8 Å². The Labute approximate surface area is 160 Å². The first-order valence-corrected chi connectivity index (χ1v) is 9.82. The fourth-order valence-corrected chi connectivity index (χ4v) is 4.17. The summed E-state index contributed by atoms with van der Waals surface area (Å²) in [6, 6.07) is 5.52. The van der Waals surface area contributed by atoms with Crippen LogP contribution in [-0.2, 0) is 9.53 Å². The molecule has 1 atom stereocenters. The SMILES string of the molecule is COc1ccc(C(=O)N2CC3(CC(CC(=O)NCC4CC4)CO3)C2)c(C)c1. The van der Waals surface area contributed by atoms with E-state index in [1.165, 1.54) is 12.8 Å². The predicted molar refractivity (Wildman–Crippen MR) is 101 cm³/mol. The molecule has 2 aliphatic heterocycles. The zero-order chi connectivity index (χ0) is 19.0. The van der Waals surface area contributed by atoms with Gasteiger partial charge < -0.3 is 19.7 Å². The van der Waals surface area contributed by atoms with E-state index >= 15 is 0 Å². The number of hydrogen-bond acceptors (Lipinski definition) is 4. The van der Waals surface area contributed by atoms with Crippen molar-refractivity contribution in [2.75, 3.05) is 33.4 Å². The van der Waals surface area contributed by atoms with Crippen molar-refractivity contribution in [1.82, 2.24) is 10.2 Å². The van der Waals surface area contributed by atoms with Gasteiger partial charge in [0.25, 0.3) is 5.91 Å². The van der Waals surface area contributed by atoms with Crippen molar-refractivity contribution in [2.24, 2.45) is 11.8 Å². The van der Waals surface area contributed by atoms with Gasteiger partial charge in [0, 0.05) is 18.5 Å². The van der Waals surface area contributed by atoms with Gasteiger partial charge >= 0.3 is 0 Å². The van der Waals surface area contributed by atoms with Crippen LogP contribution in [0.2, 0.25) is 0 Å². The summed E-state index contributed by atoms with van der Waals surface area (Å²) >= 11 is 0. The van der Waals surface area contributed by atoms with E-state index in [2.05, 4.69) is 5.32 Å². The maximum absolute atomic E-state index is 12.8. The Balaban J connectivity index is 1.27. The Morgan fingerprint density at radius 3 is 2.74 bits per heavy atom. The van der Waals surface area contributed by atoms with Crippen LogP contribution in [0, 0.1) is 18.8 Å². The Kier molecular flexibility index (Phi) is 4.84. The number of amides is 2. The molecule has 3 aliphatic rings. The van der Waals surface area contributed by atoms with Gasteiger partial charge in [0.1, 0.15) is 11.4 Å². The Hall–Kier alpha value is -2.08. The van der Waals surface area contributed by atoms with Crippen LogP contribution in [0.4, 0.5) is 0 Å². The first-order valence-electron chi connectivity index (χ1n) is 9.82. The lowest BCUT2D eigenvalue weighted by atomic mass is 9.85. The number of benzene rings is 1. The Morgan fingerprint density at radius 2 is 2.07 bits per heavy atom. The van der Waals surface area contributed by atoms with Crippen LogP contribution in [0.25, 0.3) is 0 Å². The van der Waals surface area contributed by atoms with Crippen LogP contribution in [0.3, 0.4) is 0 Å². The molecule has 4 rings (SSSR count). The molecule has 2 saturated heterocycles. The molecule has 1 saturated carbocycles. The van der Waals surface area contributed by atoms with Crippen molar-refractivity contribution >= 4 is 11.8 Å². The Bertz CT molecular complexity index is 738. The molecule has 0 bridgehead atoms. The normalized spacial score (nSPS) is 23.2. The quantitative estimate of drug-likeness (QED) is 0.831. The first-order chi connectivity index (χ1) is 13.0. The lowest BCUT2D eigenvalue weighted by molar-refractivity contribution is -0.122. The highest BCUT2D eigenvalue weighted by molar-refractivity contribution is 5.96. The molecule has 1 aromatic carbocycles. The minimum Gasteiger partial charge on any atom is -0.497 e. The van der Waals surface area contributed by atoms with E-state index in [-0.39, 0.29) is 23.3 Å². The van der Waals surface area contributed by atoms with E-state index in [9.17, 15) is 9.59 Å². The van der Waals surface area contributed by atoms with Crippen molar-refractivity contribution in [1.29, 1.82) is 0 Å². The molecular formula is C21H28N2O4. The van der Waals surface area contributed by atoms with Gasteiger partial charge in [-0.2, -0.15) is 0 Å². The Morgan fingerprint density at radius 1 is 1.30 bits per heavy atom. The largest absolute Gasteiger partial charge is 0.497 e. The highest BCUT2D eigenvalue weighted by Gasteiger charge is 2.51. The summed E-state index contributed by atoms with van der Waals surface area (Å²) in [5.41, 5.74) is 1.37. The standard InChI is InChI=1S/C21H28N2O4/c1-14-7-17(26-2)5-6-18(14)20(25)23-12-21(13-23)9-16(11-27-21)8-19(24)22-10-15-3-4-15/h5-7,15-16H,3-4,8-13H2,1-2H3,(H,22,24). The van der Waals surface area contributed by atoms with Crippen LogP contribution in [0.1, 0.15) is 41.6 Å². The average Bonchev–Trinajstić information content (AvgIpc) is 3.36. The minimum atomic E-state index is -0.253. The molecule has 27 heavy (non-hydrogen) atoms. The van der Waals surface area contributed by atoms with E-state index in [1.807, 2.05) is 30.0 Å². The summed E-state index contributed by atoms with van der Waals surface area (Å²) in [4.78, 5) is 26.7. The molecule has 3 fully saturated rings. The van der Waals surface area contributed by atoms with Gasteiger partial charge in [0.2, 0.25) is 5.91 Å². The summed E-state index contributed by atoms with van der Waals surface area (Å²) in [6.07, 6.45) is 3.87. The number of hydrogen-bond donors (Lipinski definition) is 1. The van der Waals surface area contributed by atoms with Crippen molar-refractivity contribution in [3.8, 4) is 5.75 Å². The predicted octanol–water partition coefficient (Wildman–Crippen LogP) is 2.15. The molecule has 1 aromatic rings. The highest BCUT2D eigenvalue weighted by Crippen LogP contribution is 2.40. The van der Waals surface area contributed by atoms with E-state index < -0.39 is 0 Å². The number of carbonyl (C=O) groups is 2. The highest BCUT2D eigenvalue weighted by atomic mass is 16.5. The number of nitrogens with zero attached hydrogens (tertiary/aromatic N) is 1. The molecule has 0 radical (unpaired) electrons. The third-order valence-corrected chi connectivity index (χ3v) is 5.95. The summed E-state index contributed by atoms with van der Waals surface area (Å²) < 4.78 is 11.2. The second-order valence-electron chi connectivity index (χ2n) is 8.36. The van der Waals surface area contributed by atoms with Crippen LogP contribution >= 0.6 is 0 Å². The molecule has 6 heteroatoms. The van der Waals surface area contributed by atoms with Crippen molar-refractivity contribution < 1.29 is 19.1 Å². The van der Waals surface area contributed by atoms with Crippen molar-refractivity contribution in [2.45, 2.75) is 38.2 Å². The number of nitrogens with one attached hydrogen (secondary N) is 1. The maximum Gasteiger partial charge on any atom is 0.254 e. The van der Waals surface area contributed by atoms with Gasteiger partial charge in [-0.3, -0.25) is 9.59 Å². The van der Waals surface area contributed by atoms with Gasteiger partial charge in [0.15, 0.2) is 0 Å². The lowest BCUT2D eigenvalue weighted by Crippen LogP contribution is -2.63. The molecular weight excluding hydrogens is 344 g/mol. The molecule has 2 amide bonds. The van der Waals surface area contributed by atoms with E-state index in [1.54, 1.807) is 7.11 Å². The average molecular weight is 372 g/mol. The molecule has 1 aliphatic carbocycles. The molecule has 1 N–H and O–H groups in total. The molecule has 0 aromatic heterocycles. The van der Waals surface area contributed by atoms with Gasteiger partial charge in [-0.25, -0.2) is 0 Å². The first kappa shape index (κ1) is 18.3. The second-order valence-corrected chi connectivity index (χ2v) is 8.36. The summed E-state index contributed by atoms with van der Waals surface area (Å²) in [7, 11) is 1.62. The number of likely N-dealkylation sites (tertiary alicyclic amines) is 1. The number of aryl methyl sites for hydroxylation is 1. The third-order valence-electron chi connectivity index (χ3n) is 5.95.